The van der Waals surface area contributed by atoms with E-state index in [0.717, 1.165) is 0 Å². The fraction of sp³-hybridized carbons (Fsp3) is 1.00. The van der Waals surface area contributed by atoms with Gasteiger partial charge in [0.25, 0.3) is 0 Å². The molecule has 0 aromatic rings. The maximum absolute atomic E-state index is 2.19. The van der Waals surface area contributed by atoms with Gasteiger partial charge in [-0.15, -0.1) is 0 Å². The van der Waals surface area contributed by atoms with Crippen molar-refractivity contribution < 1.29 is 0 Å². The van der Waals surface area contributed by atoms with E-state index < -0.39 is 0 Å². The first-order chi connectivity index (χ1) is 10.9. The van der Waals surface area contributed by atoms with Crippen molar-refractivity contribution in [2.75, 3.05) is 0 Å². The second-order valence-corrected chi connectivity index (χ2v) is 10.5. The molecule has 0 aromatic heterocycles. The van der Waals surface area contributed by atoms with Crippen LogP contribution in [0.5, 0.6) is 0 Å². The highest BCUT2D eigenvalue weighted by atomic mass is 14.3. The molecule has 0 radical (unpaired) electrons. The summed E-state index contributed by atoms with van der Waals surface area (Å²) in [5.74, 6) is 4.66. The van der Waals surface area contributed by atoms with Crippen LogP contribution in [-0.4, -0.2) is 0 Å². The number of hydrogen-bond donors (Lipinski definition) is 0. The summed E-state index contributed by atoms with van der Waals surface area (Å²) >= 11 is 0. The summed E-state index contributed by atoms with van der Waals surface area (Å²) in [5, 5.41) is 0. The van der Waals surface area contributed by atoms with Gasteiger partial charge >= 0.3 is 0 Å². The maximum atomic E-state index is 2.19. The Kier molecular flexibility index (Phi) is 7.96. The summed E-state index contributed by atoms with van der Waals surface area (Å²) in [6.07, 6.45) is 21.7. The van der Waals surface area contributed by atoms with Gasteiger partial charge in [0.15, 0.2) is 0 Å². The molecule has 4 unspecified atom stereocenters. The zero-order chi connectivity index (χ0) is 16.7. The summed E-state index contributed by atoms with van der Waals surface area (Å²) < 4.78 is 0. The molecule has 0 saturated heterocycles. The van der Waals surface area contributed by atoms with E-state index in [9.17, 15) is 0 Å². The minimum absolute atomic E-state index is 0.500. The predicted molar refractivity (Wildman–Crippen MR) is 104 cm³/mol. The van der Waals surface area contributed by atoms with E-state index in [1.807, 2.05) is 0 Å². The molecule has 0 amide bonds. The van der Waals surface area contributed by atoms with Crippen LogP contribution in [0, 0.1) is 29.1 Å². The zero-order valence-electron chi connectivity index (χ0n) is 16.7. The minimum atomic E-state index is 0.500. The summed E-state index contributed by atoms with van der Waals surface area (Å²) in [6.45, 7) is 8.75. The van der Waals surface area contributed by atoms with Gasteiger partial charge in [0.2, 0.25) is 0 Å². The zero-order valence-corrected chi connectivity index (χ0v) is 16.7. The molecule has 0 aromatic carbocycles. The molecule has 4 rings (SSSR count). The van der Waals surface area contributed by atoms with Gasteiger partial charge in [0.05, 0.1) is 0 Å². The van der Waals surface area contributed by atoms with Crippen molar-refractivity contribution in [2.24, 2.45) is 29.1 Å². The average Bonchev–Trinajstić information content (AvgIpc) is 3.15. The van der Waals surface area contributed by atoms with E-state index in [1.54, 1.807) is 51.4 Å². The molecule has 0 spiro atoms. The molecule has 4 aliphatic rings. The van der Waals surface area contributed by atoms with Crippen molar-refractivity contribution in [1.29, 1.82) is 0 Å². The van der Waals surface area contributed by atoms with Crippen molar-refractivity contribution in [3.05, 3.63) is 0 Å². The highest BCUT2D eigenvalue weighted by Crippen LogP contribution is 2.42. The van der Waals surface area contributed by atoms with Crippen LogP contribution in [0.15, 0.2) is 0 Å². The first kappa shape index (κ1) is 19.3. The Morgan fingerprint density at radius 1 is 0.391 bits per heavy atom. The molecule has 4 aliphatic carbocycles. The van der Waals surface area contributed by atoms with Crippen LogP contribution in [0.2, 0.25) is 0 Å². The SMILES string of the molecule is C1CCC2CCCC2C1.C1CCC2CCCC2C1.CC(C)(C)C. The predicted octanol–water partition coefficient (Wildman–Crippen LogP) is 8.01. The minimum Gasteiger partial charge on any atom is -0.0604 e. The molecule has 0 heterocycles. The van der Waals surface area contributed by atoms with Crippen LogP contribution >= 0.6 is 0 Å². The van der Waals surface area contributed by atoms with Crippen LogP contribution in [0.4, 0.5) is 0 Å². The van der Waals surface area contributed by atoms with Gasteiger partial charge in [-0.1, -0.05) is 118 Å². The summed E-state index contributed by atoms with van der Waals surface area (Å²) in [4.78, 5) is 0. The largest absolute Gasteiger partial charge is 0.0604 e. The third-order valence-electron chi connectivity index (χ3n) is 6.43. The lowest BCUT2D eigenvalue weighted by molar-refractivity contribution is 0.277. The molecule has 0 bridgehead atoms. The first-order valence-electron chi connectivity index (χ1n) is 10.9. The first-order valence-corrected chi connectivity index (χ1v) is 10.9. The quantitative estimate of drug-likeness (QED) is 0.424. The monoisotopic (exact) mass is 320 g/mol. The van der Waals surface area contributed by atoms with E-state index >= 15 is 0 Å². The molecule has 23 heavy (non-hydrogen) atoms. The molecular formula is C23H44. The molecule has 0 nitrogen and oxygen atoms in total. The number of fused-ring (bicyclic) bond motifs is 2. The molecule has 4 fully saturated rings. The smallest absolute Gasteiger partial charge is 0.0386 e. The van der Waals surface area contributed by atoms with Gasteiger partial charge in [-0.2, -0.15) is 0 Å². The van der Waals surface area contributed by atoms with Crippen molar-refractivity contribution in [2.45, 2.75) is 118 Å². The molecule has 4 saturated carbocycles. The van der Waals surface area contributed by atoms with Crippen LogP contribution < -0.4 is 0 Å². The van der Waals surface area contributed by atoms with E-state index in [0.29, 0.717) is 5.41 Å². The Bertz CT molecular complexity index is 254. The molecule has 0 aliphatic heterocycles. The Morgan fingerprint density at radius 2 is 0.565 bits per heavy atom. The lowest BCUT2D eigenvalue weighted by atomic mass is 9.82. The van der Waals surface area contributed by atoms with Crippen molar-refractivity contribution in [3.63, 3.8) is 0 Å². The Balaban J connectivity index is 0.000000132. The van der Waals surface area contributed by atoms with E-state index in [-0.39, 0.29) is 0 Å². The average molecular weight is 321 g/mol. The van der Waals surface area contributed by atoms with Gasteiger partial charge in [-0.05, 0) is 29.1 Å². The standard InChI is InChI=1S/2C9H16.C5H12/c2*1-2-5-9-7-3-6-8(9)4-1;1-5(2,3)4/h2*8-9H,1-7H2;1-4H3. The van der Waals surface area contributed by atoms with E-state index in [1.165, 1.54) is 62.2 Å². The number of hydrogen-bond acceptors (Lipinski definition) is 0. The van der Waals surface area contributed by atoms with Crippen LogP contribution in [0.3, 0.4) is 0 Å². The van der Waals surface area contributed by atoms with Gasteiger partial charge < -0.3 is 0 Å². The second kappa shape index (κ2) is 9.47. The van der Waals surface area contributed by atoms with Crippen LogP contribution in [0.25, 0.3) is 0 Å². The second-order valence-electron chi connectivity index (χ2n) is 10.5. The lowest BCUT2D eigenvalue weighted by Gasteiger charge is -2.24. The Hall–Kier alpha value is 0. The molecule has 0 N–H and O–H groups in total. The van der Waals surface area contributed by atoms with Crippen molar-refractivity contribution >= 4 is 0 Å². The third-order valence-corrected chi connectivity index (χ3v) is 6.43. The van der Waals surface area contributed by atoms with Crippen LogP contribution in [0.1, 0.15) is 118 Å². The number of rotatable bonds is 0. The Morgan fingerprint density at radius 3 is 0.783 bits per heavy atom. The normalized spacial score (nSPS) is 36.0. The fourth-order valence-electron chi connectivity index (χ4n) is 5.37. The van der Waals surface area contributed by atoms with Gasteiger partial charge in [-0.3, -0.25) is 0 Å². The van der Waals surface area contributed by atoms with E-state index in [2.05, 4.69) is 27.7 Å². The van der Waals surface area contributed by atoms with Gasteiger partial charge in [-0.25, -0.2) is 0 Å². The van der Waals surface area contributed by atoms with Crippen molar-refractivity contribution in [1.82, 2.24) is 0 Å². The summed E-state index contributed by atoms with van der Waals surface area (Å²) in [5.41, 5.74) is 0.500. The van der Waals surface area contributed by atoms with Gasteiger partial charge in [0, 0.05) is 0 Å². The maximum Gasteiger partial charge on any atom is -0.0386 e. The summed E-state index contributed by atoms with van der Waals surface area (Å²) in [6, 6.07) is 0. The van der Waals surface area contributed by atoms with Crippen molar-refractivity contribution in [3.8, 4) is 0 Å². The molecular weight excluding hydrogens is 276 g/mol. The van der Waals surface area contributed by atoms with Gasteiger partial charge in [0.1, 0.15) is 0 Å². The molecule has 4 atom stereocenters. The highest BCUT2D eigenvalue weighted by Gasteiger charge is 2.29. The topological polar surface area (TPSA) is 0 Å². The third kappa shape index (κ3) is 7.61. The molecule has 0 heteroatoms. The van der Waals surface area contributed by atoms with E-state index in [4.69, 9.17) is 0 Å². The lowest BCUT2D eigenvalue weighted by Crippen LogP contribution is -2.12. The fourth-order valence-corrected chi connectivity index (χ4v) is 5.37. The molecule has 136 valence electrons. The van der Waals surface area contributed by atoms with Crippen LogP contribution in [-0.2, 0) is 0 Å². The summed E-state index contributed by atoms with van der Waals surface area (Å²) in [7, 11) is 0. The Labute approximate surface area is 147 Å². The highest BCUT2D eigenvalue weighted by molar-refractivity contribution is 4.81.